The van der Waals surface area contributed by atoms with Gasteiger partial charge in [0.15, 0.2) is 17.4 Å². The van der Waals surface area contributed by atoms with Crippen molar-refractivity contribution in [3.05, 3.63) is 76.1 Å². The Morgan fingerprint density at radius 3 is 2.53 bits per heavy atom. The Hall–Kier alpha value is -3.26. The first kappa shape index (κ1) is 25.8. The molecule has 7 nitrogen and oxygen atoms in total. The maximum atomic E-state index is 13.8. The first-order valence-electron chi connectivity index (χ1n) is 12.6. The third kappa shape index (κ3) is 6.10. The van der Waals surface area contributed by atoms with E-state index in [0.29, 0.717) is 18.0 Å². The van der Waals surface area contributed by atoms with Crippen molar-refractivity contribution < 1.29 is 13.9 Å². The minimum Gasteiger partial charge on any atom is -0.494 e. The second-order valence-corrected chi connectivity index (χ2v) is 10.2. The highest BCUT2D eigenvalue weighted by molar-refractivity contribution is 5.94. The second-order valence-electron chi connectivity index (χ2n) is 10.2. The maximum absolute atomic E-state index is 13.8. The second kappa shape index (κ2) is 11.2. The minimum absolute atomic E-state index is 0.0923. The minimum atomic E-state index is -0.355. The van der Waals surface area contributed by atoms with Gasteiger partial charge in [-0.3, -0.25) is 9.69 Å². The van der Waals surface area contributed by atoms with Crippen LogP contribution in [-0.2, 0) is 19.5 Å². The molecule has 192 valence electrons. The molecule has 1 aliphatic heterocycles. The molecular formula is C28H36FN5O2. The van der Waals surface area contributed by atoms with Gasteiger partial charge in [0.1, 0.15) is 5.82 Å². The lowest BCUT2D eigenvalue weighted by Gasteiger charge is -2.22. The largest absolute Gasteiger partial charge is 0.494 e. The van der Waals surface area contributed by atoms with Crippen molar-refractivity contribution in [2.24, 2.45) is 5.92 Å². The fourth-order valence-electron chi connectivity index (χ4n) is 4.91. The van der Waals surface area contributed by atoms with Gasteiger partial charge in [0, 0.05) is 38.2 Å². The van der Waals surface area contributed by atoms with E-state index >= 15 is 0 Å². The smallest absolute Gasteiger partial charge is 0.251 e. The quantitative estimate of drug-likeness (QED) is 0.496. The Morgan fingerprint density at radius 2 is 1.83 bits per heavy atom. The molecule has 36 heavy (non-hydrogen) atoms. The van der Waals surface area contributed by atoms with Gasteiger partial charge in [-0.1, -0.05) is 37.1 Å². The third-order valence-corrected chi connectivity index (χ3v) is 6.58. The normalized spacial score (nSPS) is 14.9. The van der Waals surface area contributed by atoms with Crippen LogP contribution in [0.15, 0.2) is 36.4 Å². The molecule has 2 heterocycles. The van der Waals surface area contributed by atoms with E-state index in [0.717, 1.165) is 60.8 Å². The van der Waals surface area contributed by atoms with E-state index in [4.69, 9.17) is 4.74 Å². The van der Waals surface area contributed by atoms with Crippen LogP contribution in [0.4, 0.5) is 4.39 Å². The molecule has 0 aliphatic carbocycles. The third-order valence-electron chi connectivity index (χ3n) is 6.58. The van der Waals surface area contributed by atoms with Crippen LogP contribution >= 0.6 is 0 Å². The lowest BCUT2D eigenvalue weighted by atomic mass is 10.0. The summed E-state index contributed by atoms with van der Waals surface area (Å²) in [6, 6.07) is 10.7. The number of rotatable bonds is 8. The molecule has 1 N–H and O–H groups in total. The van der Waals surface area contributed by atoms with Crippen LogP contribution in [0.5, 0.6) is 5.75 Å². The Labute approximate surface area is 212 Å². The fraction of sp³-hybridized carbons (Fsp3) is 0.464. The van der Waals surface area contributed by atoms with Crippen LogP contribution in [0.3, 0.4) is 0 Å². The predicted octanol–water partition coefficient (Wildman–Crippen LogP) is 4.62. The number of hydrogen-bond acceptors (Lipinski definition) is 5. The number of ether oxygens (including phenoxy) is 1. The van der Waals surface area contributed by atoms with Crippen LogP contribution in [0.25, 0.3) is 0 Å². The topological polar surface area (TPSA) is 72.3 Å². The predicted molar refractivity (Wildman–Crippen MR) is 138 cm³/mol. The summed E-state index contributed by atoms with van der Waals surface area (Å²) in [6.45, 7) is 11.3. The summed E-state index contributed by atoms with van der Waals surface area (Å²) in [4.78, 5) is 15.5. The number of nitrogens with zero attached hydrogens (tertiary/aromatic N) is 4. The van der Waals surface area contributed by atoms with Gasteiger partial charge < -0.3 is 14.6 Å². The molecular weight excluding hydrogens is 457 g/mol. The van der Waals surface area contributed by atoms with E-state index in [1.807, 2.05) is 26.0 Å². The van der Waals surface area contributed by atoms with Gasteiger partial charge in [-0.05, 0) is 56.0 Å². The molecule has 4 rings (SSSR count). The SMILES string of the molecule is COc1cc(CN2CCc3nnc(C(CC(C)C)NC(=O)c4cc(C)cc(C)c4)n3CC2)ccc1F. The number of aryl methyl sites for hydroxylation is 2. The standard InChI is InChI=1S/C28H36FN5O2/c1-18(2)12-24(30-28(35)22-14-19(3)13-20(4)15-22)27-32-31-26-8-9-33(10-11-34(26)27)17-21-6-7-23(29)25(16-21)36-5/h6-7,13-16,18,24H,8-12,17H2,1-5H3,(H,30,35). The van der Waals surface area contributed by atoms with Crippen molar-refractivity contribution in [1.29, 1.82) is 0 Å². The van der Waals surface area contributed by atoms with Gasteiger partial charge in [-0.15, -0.1) is 10.2 Å². The summed E-state index contributed by atoms with van der Waals surface area (Å²) < 4.78 is 21.1. The van der Waals surface area contributed by atoms with E-state index in [1.165, 1.54) is 13.2 Å². The first-order valence-corrected chi connectivity index (χ1v) is 12.6. The lowest BCUT2D eigenvalue weighted by Crippen LogP contribution is -2.32. The van der Waals surface area contributed by atoms with Gasteiger partial charge >= 0.3 is 0 Å². The molecule has 1 aromatic heterocycles. The molecule has 1 amide bonds. The van der Waals surface area contributed by atoms with E-state index in [2.05, 4.69) is 44.9 Å². The molecule has 0 fully saturated rings. The van der Waals surface area contributed by atoms with Crippen LogP contribution in [-0.4, -0.2) is 45.8 Å². The summed E-state index contributed by atoms with van der Waals surface area (Å²) in [5.74, 6) is 1.92. The molecule has 0 bridgehead atoms. The van der Waals surface area contributed by atoms with Crippen molar-refractivity contribution in [2.75, 3.05) is 20.2 Å². The number of methoxy groups -OCH3 is 1. The van der Waals surface area contributed by atoms with Crippen molar-refractivity contribution in [3.63, 3.8) is 0 Å². The summed E-state index contributed by atoms with van der Waals surface area (Å²) in [5, 5.41) is 12.3. The summed E-state index contributed by atoms with van der Waals surface area (Å²) >= 11 is 0. The van der Waals surface area contributed by atoms with Crippen LogP contribution < -0.4 is 10.1 Å². The monoisotopic (exact) mass is 493 g/mol. The highest BCUT2D eigenvalue weighted by Crippen LogP contribution is 2.24. The average molecular weight is 494 g/mol. The zero-order valence-corrected chi connectivity index (χ0v) is 21.8. The van der Waals surface area contributed by atoms with Crippen molar-refractivity contribution >= 4 is 5.91 Å². The van der Waals surface area contributed by atoms with Crippen LogP contribution in [0.1, 0.15) is 65.0 Å². The fourth-order valence-corrected chi connectivity index (χ4v) is 4.91. The lowest BCUT2D eigenvalue weighted by molar-refractivity contribution is 0.0928. The highest BCUT2D eigenvalue weighted by Gasteiger charge is 2.26. The Kier molecular flexibility index (Phi) is 8.04. The van der Waals surface area contributed by atoms with Gasteiger partial charge in [-0.25, -0.2) is 4.39 Å². The Bertz CT molecular complexity index is 1200. The molecule has 8 heteroatoms. The average Bonchev–Trinajstić information content (AvgIpc) is 3.13. The molecule has 0 radical (unpaired) electrons. The van der Waals surface area contributed by atoms with Crippen molar-refractivity contribution in [3.8, 4) is 5.75 Å². The molecule has 1 atom stereocenters. The summed E-state index contributed by atoms with van der Waals surface area (Å²) in [6.07, 6.45) is 1.53. The number of hydrogen-bond donors (Lipinski definition) is 1. The number of nitrogens with one attached hydrogen (secondary N) is 1. The zero-order valence-electron chi connectivity index (χ0n) is 21.8. The van der Waals surface area contributed by atoms with Gasteiger partial charge in [0.05, 0.1) is 13.2 Å². The van der Waals surface area contributed by atoms with E-state index in [9.17, 15) is 9.18 Å². The highest BCUT2D eigenvalue weighted by atomic mass is 19.1. The van der Waals surface area contributed by atoms with Crippen molar-refractivity contribution in [1.82, 2.24) is 25.0 Å². The van der Waals surface area contributed by atoms with E-state index in [1.54, 1.807) is 12.1 Å². The number of fused-ring (bicyclic) bond motifs is 1. The Morgan fingerprint density at radius 1 is 1.08 bits per heavy atom. The number of carbonyl (C=O) groups is 1. The molecule has 0 saturated heterocycles. The number of aromatic nitrogens is 3. The molecule has 0 spiro atoms. The number of amides is 1. The van der Waals surface area contributed by atoms with Crippen LogP contribution in [0.2, 0.25) is 0 Å². The van der Waals surface area contributed by atoms with Crippen molar-refractivity contribution in [2.45, 2.75) is 59.7 Å². The number of halogens is 1. The molecule has 3 aromatic rings. The Balaban J connectivity index is 1.50. The number of benzene rings is 2. The van der Waals surface area contributed by atoms with Gasteiger partial charge in [-0.2, -0.15) is 0 Å². The molecule has 1 unspecified atom stereocenters. The van der Waals surface area contributed by atoms with Gasteiger partial charge in [0.2, 0.25) is 0 Å². The first-order chi connectivity index (χ1) is 17.2. The molecule has 0 saturated carbocycles. The van der Waals surface area contributed by atoms with Crippen LogP contribution in [0, 0.1) is 25.6 Å². The maximum Gasteiger partial charge on any atom is 0.251 e. The molecule has 2 aromatic carbocycles. The number of carbonyl (C=O) groups excluding carboxylic acids is 1. The van der Waals surface area contributed by atoms with E-state index in [-0.39, 0.29) is 23.5 Å². The van der Waals surface area contributed by atoms with E-state index < -0.39 is 0 Å². The zero-order chi connectivity index (χ0) is 25.8. The molecule has 1 aliphatic rings. The summed E-state index contributed by atoms with van der Waals surface area (Å²) in [5.41, 5.74) is 3.80. The van der Waals surface area contributed by atoms with Gasteiger partial charge in [0.25, 0.3) is 5.91 Å². The summed E-state index contributed by atoms with van der Waals surface area (Å²) in [7, 11) is 1.48.